The van der Waals surface area contributed by atoms with E-state index in [-0.39, 0.29) is 34.6 Å². The first kappa shape index (κ1) is 28.8. The van der Waals surface area contributed by atoms with Crippen molar-refractivity contribution in [2.24, 2.45) is 7.05 Å². The maximum Gasteiger partial charge on any atom is 0.293 e. The lowest BCUT2D eigenvalue weighted by atomic mass is 9.86. The Kier molecular flexibility index (Phi) is 7.95. The predicted octanol–water partition coefficient (Wildman–Crippen LogP) is 5.35. The molecule has 3 aromatic carbocycles. The van der Waals surface area contributed by atoms with Crippen LogP contribution in [0.2, 0.25) is 0 Å². The van der Waals surface area contributed by atoms with Crippen molar-refractivity contribution in [1.82, 2.24) is 14.9 Å². The van der Waals surface area contributed by atoms with Crippen molar-refractivity contribution in [3.8, 4) is 11.3 Å². The van der Waals surface area contributed by atoms with Crippen molar-refractivity contribution in [3.05, 3.63) is 100.0 Å². The molecule has 0 saturated carbocycles. The van der Waals surface area contributed by atoms with Gasteiger partial charge < -0.3 is 25.8 Å². The molecule has 2 heterocycles. The topological polar surface area (TPSA) is 117 Å². The highest BCUT2D eigenvalue weighted by molar-refractivity contribution is 6.05. The van der Waals surface area contributed by atoms with E-state index in [2.05, 4.69) is 47.0 Å². The van der Waals surface area contributed by atoms with Gasteiger partial charge in [0.1, 0.15) is 0 Å². The van der Waals surface area contributed by atoms with Gasteiger partial charge in [0.15, 0.2) is 5.82 Å². The van der Waals surface area contributed by atoms with Crippen LogP contribution in [0.15, 0.2) is 77.7 Å². The zero-order valence-corrected chi connectivity index (χ0v) is 24.5. The molecule has 9 nitrogen and oxygen atoms in total. The second-order valence-corrected chi connectivity index (χ2v) is 11.6. The largest absolute Gasteiger partial charge is 0.336 e. The molecule has 1 aromatic heterocycles. The number of aromatic nitrogens is 2. The van der Waals surface area contributed by atoms with Gasteiger partial charge in [0.2, 0.25) is 5.91 Å². The van der Waals surface area contributed by atoms with Gasteiger partial charge in [-0.2, -0.15) is 0 Å². The molecule has 42 heavy (non-hydrogen) atoms. The lowest BCUT2D eigenvalue weighted by Gasteiger charge is -2.26. The second kappa shape index (κ2) is 11.6. The van der Waals surface area contributed by atoms with Crippen LogP contribution in [-0.2, 0) is 17.3 Å². The van der Waals surface area contributed by atoms with Crippen molar-refractivity contribution in [2.45, 2.75) is 45.6 Å². The summed E-state index contributed by atoms with van der Waals surface area (Å²) in [4.78, 5) is 43.1. The number of carbonyl (C=O) groups excluding carboxylic acids is 2. The number of benzene rings is 3. The summed E-state index contributed by atoms with van der Waals surface area (Å²) in [6, 6.07) is 20.2. The molecule has 216 valence electrons. The number of anilines is 4. The van der Waals surface area contributed by atoms with Crippen LogP contribution in [0.3, 0.4) is 0 Å². The van der Waals surface area contributed by atoms with Crippen molar-refractivity contribution in [2.75, 3.05) is 22.5 Å². The number of carbonyl (C=O) groups is 2. The lowest BCUT2D eigenvalue weighted by Crippen LogP contribution is -2.50. The minimum absolute atomic E-state index is 0.00237. The highest BCUT2D eigenvalue weighted by atomic mass is 16.2. The van der Waals surface area contributed by atoms with E-state index in [9.17, 15) is 14.4 Å². The minimum atomic E-state index is -0.298. The van der Waals surface area contributed by atoms with Gasteiger partial charge in [-0.25, -0.2) is 4.98 Å². The minimum Gasteiger partial charge on any atom is -0.336 e. The molecule has 1 aliphatic heterocycles. The third kappa shape index (κ3) is 6.26. The number of hydrogen-bond acceptors (Lipinski definition) is 6. The Morgan fingerprint density at radius 2 is 1.67 bits per heavy atom. The van der Waals surface area contributed by atoms with Gasteiger partial charge in [-0.3, -0.25) is 14.4 Å². The first-order valence-electron chi connectivity index (χ1n) is 14.0. The van der Waals surface area contributed by atoms with Gasteiger partial charge in [-0.1, -0.05) is 51.1 Å². The third-order valence-corrected chi connectivity index (χ3v) is 7.48. The smallest absolute Gasteiger partial charge is 0.293 e. The van der Waals surface area contributed by atoms with Crippen LogP contribution in [0.25, 0.3) is 11.3 Å². The van der Waals surface area contributed by atoms with E-state index in [4.69, 9.17) is 0 Å². The summed E-state index contributed by atoms with van der Waals surface area (Å²) in [5, 5.41) is 12.1. The van der Waals surface area contributed by atoms with Crippen LogP contribution in [0, 0.1) is 6.92 Å². The fraction of sp³-hybridized carbons (Fsp3) is 0.273. The first-order chi connectivity index (χ1) is 20.0. The van der Waals surface area contributed by atoms with Crippen molar-refractivity contribution in [3.63, 3.8) is 0 Å². The Hall–Kier alpha value is -4.76. The summed E-state index contributed by atoms with van der Waals surface area (Å²) in [6.45, 7) is 9.16. The molecule has 1 fully saturated rings. The summed E-state index contributed by atoms with van der Waals surface area (Å²) < 4.78 is 1.47. The summed E-state index contributed by atoms with van der Waals surface area (Å²) in [7, 11) is 1.67. The fourth-order valence-corrected chi connectivity index (χ4v) is 4.74. The van der Waals surface area contributed by atoms with E-state index in [1.165, 1.54) is 4.57 Å². The number of nitrogens with zero attached hydrogens (tertiary/aromatic N) is 2. The molecule has 1 saturated heterocycles. The molecular formula is C33H36N6O3. The maximum atomic E-state index is 13.1. The highest BCUT2D eigenvalue weighted by Crippen LogP contribution is 2.29. The van der Waals surface area contributed by atoms with Crippen LogP contribution >= 0.6 is 0 Å². The summed E-state index contributed by atoms with van der Waals surface area (Å²) in [5.74, 6) is -0.141. The maximum absolute atomic E-state index is 13.1. The summed E-state index contributed by atoms with van der Waals surface area (Å²) in [5.41, 5.74) is 5.51. The van der Waals surface area contributed by atoms with Crippen LogP contribution in [0.4, 0.5) is 22.9 Å². The highest BCUT2D eigenvalue weighted by Gasteiger charge is 2.24. The Balaban J connectivity index is 1.37. The quantitative estimate of drug-likeness (QED) is 0.240. The monoisotopic (exact) mass is 564 g/mol. The molecule has 0 radical (unpaired) electrons. The zero-order valence-electron chi connectivity index (χ0n) is 24.5. The van der Waals surface area contributed by atoms with Crippen LogP contribution in [0.1, 0.15) is 48.7 Å². The lowest BCUT2D eigenvalue weighted by molar-refractivity contribution is -0.119. The molecule has 0 spiro atoms. The SMILES string of the molecule is Cc1c(NC(=O)c2ccc(C(C)(C)C)cc2)cccc1-c1cn(C)c(=O)c(Nc2cccc(NC(=O)[C@@H]3CCN3)c2)n1. The summed E-state index contributed by atoms with van der Waals surface area (Å²) >= 11 is 0. The molecule has 4 N–H and O–H groups in total. The predicted molar refractivity (Wildman–Crippen MR) is 168 cm³/mol. The van der Waals surface area contributed by atoms with Crippen molar-refractivity contribution < 1.29 is 9.59 Å². The zero-order chi connectivity index (χ0) is 30.0. The molecular weight excluding hydrogens is 528 g/mol. The molecule has 2 amide bonds. The Bertz CT molecular complexity index is 1700. The van der Waals surface area contributed by atoms with Gasteiger partial charge in [-0.15, -0.1) is 0 Å². The Morgan fingerprint density at radius 3 is 2.33 bits per heavy atom. The van der Waals surface area contributed by atoms with E-state index in [0.29, 0.717) is 28.3 Å². The van der Waals surface area contributed by atoms with Crippen LogP contribution in [-0.4, -0.2) is 34.0 Å². The average molecular weight is 565 g/mol. The second-order valence-electron chi connectivity index (χ2n) is 11.6. The number of hydrogen-bond donors (Lipinski definition) is 4. The molecule has 0 aliphatic carbocycles. The van der Waals surface area contributed by atoms with Gasteiger partial charge in [0, 0.05) is 41.4 Å². The first-order valence-corrected chi connectivity index (χ1v) is 14.0. The van der Waals surface area contributed by atoms with Gasteiger partial charge in [0.05, 0.1) is 11.7 Å². The number of amides is 2. The van der Waals surface area contributed by atoms with Crippen LogP contribution < -0.4 is 26.8 Å². The van der Waals surface area contributed by atoms with E-state index in [1.807, 2.05) is 49.4 Å². The molecule has 4 aromatic rings. The van der Waals surface area contributed by atoms with Crippen LogP contribution in [0.5, 0.6) is 0 Å². The normalized spacial score (nSPS) is 14.5. The van der Waals surface area contributed by atoms with Crippen molar-refractivity contribution >= 4 is 34.7 Å². The van der Waals surface area contributed by atoms with E-state index >= 15 is 0 Å². The molecule has 1 atom stereocenters. The third-order valence-electron chi connectivity index (χ3n) is 7.48. The van der Waals surface area contributed by atoms with E-state index in [0.717, 1.165) is 29.7 Å². The molecule has 1 aliphatic rings. The number of aryl methyl sites for hydroxylation is 1. The van der Waals surface area contributed by atoms with E-state index < -0.39 is 0 Å². The molecule has 0 unspecified atom stereocenters. The van der Waals surface area contributed by atoms with Gasteiger partial charge >= 0.3 is 0 Å². The number of nitrogens with one attached hydrogen (secondary N) is 4. The Labute approximate surface area is 245 Å². The fourth-order valence-electron chi connectivity index (χ4n) is 4.74. The molecule has 5 rings (SSSR count). The number of rotatable bonds is 7. The average Bonchev–Trinajstić information content (AvgIpc) is 2.91. The standard InChI is InChI=1S/C33H36N6O3/c1-20-25(10-7-11-26(20)38-30(40)21-12-14-22(15-13-21)33(2,3)4)28-19-39(5)32(42)29(37-28)35-23-8-6-9-24(18-23)36-31(41)27-16-17-34-27/h6-15,18-19,27,34H,16-17H2,1-5H3,(H,35,37)(H,36,41)(H,38,40)/t27-/m0/s1. The van der Waals surface area contributed by atoms with E-state index in [1.54, 1.807) is 37.5 Å². The van der Waals surface area contributed by atoms with Gasteiger partial charge in [0.25, 0.3) is 11.5 Å². The van der Waals surface area contributed by atoms with Crippen molar-refractivity contribution in [1.29, 1.82) is 0 Å². The molecule has 0 bridgehead atoms. The van der Waals surface area contributed by atoms with Gasteiger partial charge in [-0.05, 0) is 72.8 Å². The molecule has 9 heteroatoms. The Morgan fingerprint density at radius 1 is 0.976 bits per heavy atom. The summed E-state index contributed by atoms with van der Waals surface area (Å²) in [6.07, 6.45) is 2.49.